The lowest BCUT2D eigenvalue weighted by Crippen LogP contribution is -2.14. The number of anilines is 1. The minimum atomic E-state index is -0.256. The summed E-state index contributed by atoms with van der Waals surface area (Å²) < 4.78 is 0. The highest BCUT2D eigenvalue weighted by Gasteiger charge is 2.14. The van der Waals surface area contributed by atoms with Crippen molar-refractivity contribution in [2.24, 2.45) is 0 Å². The Morgan fingerprint density at radius 2 is 1.96 bits per heavy atom. The van der Waals surface area contributed by atoms with E-state index in [0.717, 1.165) is 11.3 Å². The second kappa shape index (κ2) is 6.42. The third-order valence-electron chi connectivity index (χ3n) is 3.41. The molecule has 0 saturated carbocycles. The lowest BCUT2D eigenvalue weighted by molar-refractivity contribution is 0.102. The number of aromatic nitrogens is 1. The van der Waals surface area contributed by atoms with Gasteiger partial charge in [-0.2, -0.15) is 5.26 Å². The molecular formula is C18H13N3OS. The third-order valence-corrected chi connectivity index (χ3v) is 4.24. The summed E-state index contributed by atoms with van der Waals surface area (Å²) in [5, 5.41) is 14.1. The van der Waals surface area contributed by atoms with E-state index in [1.807, 2.05) is 36.4 Å². The number of nitrogens with one attached hydrogen (secondary N) is 1. The summed E-state index contributed by atoms with van der Waals surface area (Å²) in [7, 11) is 0. The molecule has 0 atom stereocenters. The maximum absolute atomic E-state index is 12.4. The molecule has 2 aromatic heterocycles. The van der Waals surface area contributed by atoms with Gasteiger partial charge in [-0.05, 0) is 30.5 Å². The Bertz CT molecular complexity index is 894. The van der Waals surface area contributed by atoms with Crippen LogP contribution in [-0.2, 0) is 0 Å². The van der Waals surface area contributed by atoms with Crippen LogP contribution in [0.15, 0.2) is 53.9 Å². The van der Waals surface area contributed by atoms with Crippen LogP contribution in [0.1, 0.15) is 21.6 Å². The number of nitrogens with zero attached hydrogens (tertiary/aromatic N) is 2. The van der Waals surface area contributed by atoms with Crippen LogP contribution in [0, 0.1) is 18.3 Å². The predicted molar refractivity (Wildman–Crippen MR) is 91.4 cm³/mol. The van der Waals surface area contributed by atoms with Gasteiger partial charge in [0, 0.05) is 5.56 Å². The highest BCUT2D eigenvalue weighted by Crippen LogP contribution is 2.24. The zero-order valence-electron chi connectivity index (χ0n) is 12.4. The summed E-state index contributed by atoms with van der Waals surface area (Å²) in [5.41, 5.74) is 3.46. The molecule has 1 N–H and O–H groups in total. The van der Waals surface area contributed by atoms with Gasteiger partial charge >= 0.3 is 0 Å². The number of rotatable bonds is 3. The van der Waals surface area contributed by atoms with Gasteiger partial charge in [0.2, 0.25) is 0 Å². The van der Waals surface area contributed by atoms with Crippen molar-refractivity contribution in [2.75, 3.05) is 5.32 Å². The smallest absolute Gasteiger partial charge is 0.258 e. The van der Waals surface area contributed by atoms with Crippen LogP contribution in [0.4, 0.5) is 5.00 Å². The van der Waals surface area contributed by atoms with Crippen molar-refractivity contribution in [3.63, 3.8) is 0 Å². The Balaban J connectivity index is 1.86. The highest BCUT2D eigenvalue weighted by molar-refractivity contribution is 7.14. The van der Waals surface area contributed by atoms with Gasteiger partial charge in [0.25, 0.3) is 5.91 Å². The quantitative estimate of drug-likeness (QED) is 0.785. The molecule has 0 radical (unpaired) electrons. The first kappa shape index (κ1) is 14.9. The molecule has 0 aliphatic carbocycles. The first-order chi connectivity index (χ1) is 11.2. The van der Waals surface area contributed by atoms with Crippen molar-refractivity contribution in [1.29, 1.82) is 5.26 Å². The molecule has 3 rings (SSSR count). The van der Waals surface area contributed by atoms with E-state index in [0.29, 0.717) is 21.8 Å². The minimum Gasteiger partial charge on any atom is -0.312 e. The van der Waals surface area contributed by atoms with E-state index in [9.17, 15) is 4.79 Å². The Morgan fingerprint density at radius 3 is 2.65 bits per heavy atom. The molecule has 3 aromatic rings. The SMILES string of the molecule is Cc1nc(-c2ccccc2)ccc1C(=O)Nc1sccc1C#N. The molecule has 0 bridgehead atoms. The lowest BCUT2D eigenvalue weighted by Gasteiger charge is -2.08. The summed E-state index contributed by atoms with van der Waals surface area (Å²) >= 11 is 1.33. The largest absolute Gasteiger partial charge is 0.312 e. The van der Waals surface area contributed by atoms with Crippen molar-refractivity contribution in [3.8, 4) is 17.3 Å². The topological polar surface area (TPSA) is 65.8 Å². The molecule has 1 aromatic carbocycles. The Morgan fingerprint density at radius 1 is 1.17 bits per heavy atom. The average molecular weight is 319 g/mol. The fourth-order valence-corrected chi connectivity index (χ4v) is 2.97. The molecule has 0 aliphatic heterocycles. The molecule has 0 aliphatic rings. The normalized spacial score (nSPS) is 10.1. The van der Waals surface area contributed by atoms with Gasteiger partial charge in [-0.15, -0.1) is 11.3 Å². The van der Waals surface area contributed by atoms with Crippen molar-refractivity contribution in [2.45, 2.75) is 6.92 Å². The number of hydrogen-bond acceptors (Lipinski definition) is 4. The zero-order valence-corrected chi connectivity index (χ0v) is 13.2. The molecule has 2 heterocycles. The van der Waals surface area contributed by atoms with Gasteiger partial charge in [-0.1, -0.05) is 30.3 Å². The number of amides is 1. The molecule has 1 amide bonds. The number of nitriles is 1. The van der Waals surface area contributed by atoms with Crippen LogP contribution in [0.25, 0.3) is 11.3 Å². The van der Waals surface area contributed by atoms with E-state index in [1.165, 1.54) is 11.3 Å². The minimum absolute atomic E-state index is 0.256. The summed E-state index contributed by atoms with van der Waals surface area (Å²) in [4.78, 5) is 16.9. The third kappa shape index (κ3) is 3.12. The maximum atomic E-state index is 12.4. The number of aryl methyl sites for hydroxylation is 1. The number of hydrogen-bond donors (Lipinski definition) is 1. The first-order valence-electron chi connectivity index (χ1n) is 7.01. The predicted octanol–water partition coefficient (Wildman–Crippen LogP) is 4.24. The molecule has 0 saturated heterocycles. The van der Waals surface area contributed by atoms with Gasteiger partial charge in [0.05, 0.1) is 22.5 Å². The molecule has 0 fully saturated rings. The van der Waals surface area contributed by atoms with Gasteiger partial charge in [-0.3, -0.25) is 9.78 Å². The van der Waals surface area contributed by atoms with Crippen molar-refractivity contribution in [3.05, 3.63) is 70.7 Å². The van der Waals surface area contributed by atoms with Gasteiger partial charge in [-0.25, -0.2) is 0 Å². The fraction of sp³-hybridized carbons (Fsp3) is 0.0556. The van der Waals surface area contributed by atoms with E-state index in [4.69, 9.17) is 5.26 Å². The van der Waals surface area contributed by atoms with Gasteiger partial charge in [0.1, 0.15) is 11.1 Å². The zero-order chi connectivity index (χ0) is 16.2. The number of carbonyl (C=O) groups is 1. The molecule has 112 valence electrons. The number of carbonyl (C=O) groups excluding carboxylic acids is 1. The van der Waals surface area contributed by atoms with Crippen molar-refractivity contribution < 1.29 is 4.79 Å². The molecule has 0 unspecified atom stereocenters. The summed E-state index contributed by atoms with van der Waals surface area (Å²) in [6.45, 7) is 1.81. The Kier molecular flexibility index (Phi) is 4.18. The summed E-state index contributed by atoms with van der Waals surface area (Å²) in [6, 6.07) is 17.1. The van der Waals surface area contributed by atoms with E-state index >= 15 is 0 Å². The lowest BCUT2D eigenvalue weighted by atomic mass is 10.1. The number of benzene rings is 1. The second-order valence-electron chi connectivity index (χ2n) is 4.92. The summed E-state index contributed by atoms with van der Waals surface area (Å²) in [5.74, 6) is -0.256. The number of thiophene rings is 1. The van der Waals surface area contributed by atoms with E-state index in [1.54, 1.807) is 24.4 Å². The van der Waals surface area contributed by atoms with Crippen LogP contribution in [-0.4, -0.2) is 10.9 Å². The van der Waals surface area contributed by atoms with E-state index < -0.39 is 0 Å². The van der Waals surface area contributed by atoms with Crippen molar-refractivity contribution in [1.82, 2.24) is 4.98 Å². The van der Waals surface area contributed by atoms with Crippen LogP contribution in [0.3, 0.4) is 0 Å². The first-order valence-corrected chi connectivity index (χ1v) is 7.89. The van der Waals surface area contributed by atoms with E-state index in [2.05, 4.69) is 16.4 Å². The Hall–Kier alpha value is -2.97. The van der Waals surface area contributed by atoms with Crippen LogP contribution < -0.4 is 5.32 Å². The molecular weight excluding hydrogens is 306 g/mol. The highest BCUT2D eigenvalue weighted by atomic mass is 32.1. The van der Waals surface area contributed by atoms with Crippen LogP contribution >= 0.6 is 11.3 Å². The van der Waals surface area contributed by atoms with Crippen molar-refractivity contribution >= 4 is 22.2 Å². The summed E-state index contributed by atoms with van der Waals surface area (Å²) in [6.07, 6.45) is 0. The maximum Gasteiger partial charge on any atom is 0.258 e. The average Bonchev–Trinajstić information content (AvgIpc) is 3.02. The molecule has 23 heavy (non-hydrogen) atoms. The van der Waals surface area contributed by atoms with Gasteiger partial charge < -0.3 is 5.32 Å². The molecule has 4 nitrogen and oxygen atoms in total. The standard InChI is InChI=1S/C18H13N3OS/c1-12-15(17(22)21-18-14(11-19)9-10-23-18)7-8-16(20-12)13-5-3-2-4-6-13/h2-10H,1H3,(H,21,22). The van der Waals surface area contributed by atoms with E-state index in [-0.39, 0.29) is 5.91 Å². The van der Waals surface area contributed by atoms with Crippen LogP contribution in [0.5, 0.6) is 0 Å². The molecule has 0 spiro atoms. The monoisotopic (exact) mass is 319 g/mol. The van der Waals surface area contributed by atoms with Crippen LogP contribution in [0.2, 0.25) is 0 Å². The Labute approximate surface area is 138 Å². The number of pyridine rings is 1. The fourth-order valence-electron chi connectivity index (χ4n) is 2.24. The molecule has 5 heteroatoms. The second-order valence-corrected chi connectivity index (χ2v) is 5.84. The van der Waals surface area contributed by atoms with Gasteiger partial charge in [0.15, 0.2) is 0 Å².